The lowest BCUT2D eigenvalue weighted by Gasteiger charge is -2.29. The Morgan fingerprint density at radius 3 is 2.57 bits per heavy atom. The quantitative estimate of drug-likeness (QED) is 0.571. The van der Waals surface area contributed by atoms with Crippen molar-refractivity contribution in [2.24, 2.45) is 0 Å². The van der Waals surface area contributed by atoms with E-state index in [1.807, 2.05) is 31.2 Å². The third-order valence-electron chi connectivity index (χ3n) is 5.51. The lowest BCUT2D eigenvalue weighted by molar-refractivity contribution is -0.895. The second kappa shape index (κ2) is 9.41. The average Bonchev–Trinajstić information content (AvgIpc) is 3.18. The molecule has 1 aliphatic heterocycles. The van der Waals surface area contributed by atoms with E-state index in [1.165, 1.54) is 16.2 Å². The first kappa shape index (κ1) is 22.7. The van der Waals surface area contributed by atoms with Crippen molar-refractivity contribution in [3.8, 4) is 0 Å². The number of carbonyl (C=O) groups is 2. The number of hydrogen-bond donors (Lipinski definition) is 1. The van der Waals surface area contributed by atoms with Crippen molar-refractivity contribution in [3.63, 3.8) is 0 Å². The SMILES string of the molecule is CC[NH+](CC)CCN1C(=O)C([O-])=C(C(=O)c2sc(C)nc2C)C1c1cccc(Br)c1. The molecule has 3 rings (SSSR count). The van der Waals surface area contributed by atoms with Gasteiger partial charge in [0.1, 0.15) is 0 Å². The maximum absolute atomic E-state index is 13.4. The Labute approximate surface area is 189 Å². The number of hydrogen-bond acceptors (Lipinski definition) is 5. The molecule has 160 valence electrons. The van der Waals surface area contributed by atoms with Crippen molar-refractivity contribution < 1.29 is 19.6 Å². The predicted octanol–water partition coefficient (Wildman–Crippen LogP) is 1.83. The van der Waals surface area contributed by atoms with E-state index >= 15 is 0 Å². The second-order valence-corrected chi connectivity index (χ2v) is 9.50. The molecule has 1 amide bonds. The van der Waals surface area contributed by atoms with Gasteiger partial charge >= 0.3 is 0 Å². The van der Waals surface area contributed by atoms with Crippen LogP contribution < -0.4 is 10.0 Å². The second-order valence-electron chi connectivity index (χ2n) is 7.38. The van der Waals surface area contributed by atoms with Gasteiger partial charge < -0.3 is 14.9 Å². The molecule has 2 heterocycles. The number of aryl methyl sites for hydroxylation is 2. The number of quaternary nitrogens is 1. The van der Waals surface area contributed by atoms with Crippen molar-refractivity contribution in [2.75, 3.05) is 26.2 Å². The molecule has 0 saturated carbocycles. The van der Waals surface area contributed by atoms with Gasteiger partial charge in [-0.1, -0.05) is 28.1 Å². The van der Waals surface area contributed by atoms with Crippen LogP contribution in [0.4, 0.5) is 0 Å². The number of nitrogens with one attached hydrogen (secondary N) is 1. The van der Waals surface area contributed by atoms with Crippen LogP contribution in [0, 0.1) is 13.8 Å². The number of rotatable bonds is 8. The normalized spacial score (nSPS) is 16.8. The van der Waals surface area contributed by atoms with Crippen molar-refractivity contribution >= 4 is 39.0 Å². The maximum Gasteiger partial charge on any atom is 0.240 e. The van der Waals surface area contributed by atoms with Gasteiger partial charge in [0, 0.05) is 10.0 Å². The molecule has 1 N–H and O–H groups in total. The molecule has 2 aromatic rings. The number of aromatic nitrogens is 1. The van der Waals surface area contributed by atoms with E-state index in [1.54, 1.807) is 11.8 Å². The van der Waals surface area contributed by atoms with Crippen LogP contribution in [0.2, 0.25) is 0 Å². The lowest BCUT2D eigenvalue weighted by Crippen LogP contribution is -3.12. The highest BCUT2D eigenvalue weighted by Gasteiger charge is 2.40. The molecule has 0 bridgehead atoms. The van der Waals surface area contributed by atoms with E-state index in [0.717, 1.165) is 34.7 Å². The Kier molecular flexibility index (Phi) is 7.10. The summed E-state index contributed by atoms with van der Waals surface area (Å²) >= 11 is 4.73. The Hall–Kier alpha value is -2.03. The summed E-state index contributed by atoms with van der Waals surface area (Å²) in [5.74, 6) is -1.70. The first-order chi connectivity index (χ1) is 14.3. The summed E-state index contributed by atoms with van der Waals surface area (Å²) in [7, 11) is 0. The first-order valence-corrected chi connectivity index (χ1v) is 11.7. The fourth-order valence-electron chi connectivity index (χ4n) is 3.87. The van der Waals surface area contributed by atoms with Gasteiger partial charge in [0.05, 0.1) is 47.8 Å². The molecule has 1 aliphatic rings. The van der Waals surface area contributed by atoms with Crippen LogP contribution in [-0.4, -0.2) is 47.8 Å². The molecule has 0 radical (unpaired) electrons. The Bertz CT molecular complexity index is 997. The van der Waals surface area contributed by atoms with Crippen molar-refractivity contribution in [1.29, 1.82) is 0 Å². The molecule has 1 aromatic heterocycles. The van der Waals surface area contributed by atoms with Crippen LogP contribution in [0.5, 0.6) is 0 Å². The molecule has 8 heteroatoms. The minimum atomic E-state index is -0.704. The zero-order valence-electron chi connectivity index (χ0n) is 17.6. The number of likely N-dealkylation sites (N-methyl/N-ethyl adjacent to an activating group) is 1. The van der Waals surface area contributed by atoms with Crippen LogP contribution in [0.1, 0.15) is 45.8 Å². The summed E-state index contributed by atoms with van der Waals surface area (Å²) in [4.78, 5) is 34.0. The Morgan fingerprint density at radius 2 is 2.00 bits per heavy atom. The number of amides is 1. The number of Topliss-reactive ketones (excluding diaryl/α,β-unsaturated/α-hetero) is 1. The number of halogens is 1. The summed E-state index contributed by atoms with van der Waals surface area (Å²) in [6, 6.07) is 6.77. The zero-order valence-corrected chi connectivity index (χ0v) is 20.0. The smallest absolute Gasteiger partial charge is 0.240 e. The number of carbonyl (C=O) groups excluding carboxylic acids is 2. The monoisotopic (exact) mass is 491 g/mol. The van der Waals surface area contributed by atoms with Gasteiger partial charge in [-0.25, -0.2) is 4.98 Å². The molecule has 0 fully saturated rings. The van der Waals surface area contributed by atoms with Gasteiger partial charge in [0.25, 0.3) is 0 Å². The molecule has 0 spiro atoms. The molecular formula is C22H26BrN3O3S. The van der Waals surface area contributed by atoms with E-state index in [0.29, 0.717) is 17.1 Å². The van der Waals surface area contributed by atoms with E-state index in [2.05, 4.69) is 34.8 Å². The first-order valence-electron chi connectivity index (χ1n) is 10.1. The summed E-state index contributed by atoms with van der Waals surface area (Å²) in [6.07, 6.45) is 0. The molecule has 6 nitrogen and oxygen atoms in total. The minimum absolute atomic E-state index is 0.0272. The summed E-state index contributed by atoms with van der Waals surface area (Å²) in [6.45, 7) is 10.8. The van der Waals surface area contributed by atoms with Gasteiger partial charge in [-0.2, -0.15) is 0 Å². The van der Waals surface area contributed by atoms with Gasteiger partial charge in [-0.05, 0) is 51.2 Å². The molecule has 30 heavy (non-hydrogen) atoms. The molecule has 1 atom stereocenters. The lowest BCUT2D eigenvalue weighted by atomic mass is 9.95. The number of ketones is 1. The Morgan fingerprint density at radius 1 is 1.30 bits per heavy atom. The predicted molar refractivity (Wildman–Crippen MR) is 118 cm³/mol. The van der Waals surface area contributed by atoms with E-state index in [4.69, 9.17) is 0 Å². The number of nitrogens with zero attached hydrogens (tertiary/aromatic N) is 2. The molecule has 1 unspecified atom stereocenters. The third-order valence-corrected chi connectivity index (χ3v) is 7.07. The summed E-state index contributed by atoms with van der Waals surface area (Å²) < 4.78 is 0.831. The van der Waals surface area contributed by atoms with Gasteiger partial charge in [0.15, 0.2) is 0 Å². The van der Waals surface area contributed by atoms with Gasteiger partial charge in [-0.3, -0.25) is 9.59 Å². The molecule has 0 aliphatic carbocycles. The maximum atomic E-state index is 13.4. The van der Waals surface area contributed by atoms with Crippen LogP contribution in [0.15, 0.2) is 40.1 Å². The zero-order chi connectivity index (χ0) is 22.0. The fraction of sp³-hybridized carbons (Fsp3) is 0.409. The number of thiazole rings is 1. The molecule has 0 saturated heterocycles. The highest BCUT2D eigenvalue weighted by molar-refractivity contribution is 9.10. The van der Waals surface area contributed by atoms with Crippen molar-refractivity contribution in [2.45, 2.75) is 33.7 Å². The fourth-order valence-corrected chi connectivity index (χ4v) is 5.16. The Balaban J connectivity index is 2.05. The van der Waals surface area contributed by atoms with Gasteiger partial charge in [0.2, 0.25) is 11.7 Å². The van der Waals surface area contributed by atoms with Crippen LogP contribution in [0.25, 0.3) is 0 Å². The third kappa shape index (κ3) is 4.36. The number of benzene rings is 1. The summed E-state index contributed by atoms with van der Waals surface area (Å²) in [5.41, 5.74) is 1.37. The minimum Gasteiger partial charge on any atom is -0.868 e. The molecular weight excluding hydrogens is 466 g/mol. The highest BCUT2D eigenvalue weighted by atomic mass is 79.9. The van der Waals surface area contributed by atoms with Crippen molar-refractivity contribution in [3.05, 3.63) is 61.2 Å². The van der Waals surface area contributed by atoms with Crippen LogP contribution >= 0.6 is 27.3 Å². The average molecular weight is 492 g/mol. The van der Waals surface area contributed by atoms with E-state index < -0.39 is 17.7 Å². The van der Waals surface area contributed by atoms with Crippen LogP contribution in [-0.2, 0) is 4.79 Å². The van der Waals surface area contributed by atoms with E-state index in [9.17, 15) is 14.7 Å². The van der Waals surface area contributed by atoms with Gasteiger partial charge in [-0.15, -0.1) is 11.3 Å². The highest BCUT2D eigenvalue weighted by Crippen LogP contribution is 2.39. The van der Waals surface area contributed by atoms with Crippen molar-refractivity contribution in [1.82, 2.24) is 9.88 Å². The molecule has 1 aromatic carbocycles. The van der Waals surface area contributed by atoms with E-state index in [-0.39, 0.29) is 11.4 Å². The topological polar surface area (TPSA) is 77.8 Å². The summed E-state index contributed by atoms with van der Waals surface area (Å²) in [5, 5.41) is 13.8. The largest absolute Gasteiger partial charge is 0.868 e. The van der Waals surface area contributed by atoms with Crippen LogP contribution in [0.3, 0.4) is 0 Å². The standard InChI is InChI=1S/C22H26BrN3O3S/c1-5-25(6-2)10-11-26-18(15-8-7-9-16(23)12-15)17(20(28)22(26)29)19(27)21-13(3)24-14(4)30-21/h7-9,12,18,28H,5-6,10-11H2,1-4H3.